The van der Waals surface area contributed by atoms with Crippen LogP contribution in [0.15, 0.2) is 18.2 Å². The minimum Gasteiger partial charge on any atom is -0.506 e. The highest BCUT2D eigenvalue weighted by molar-refractivity contribution is 5.93. The van der Waals surface area contributed by atoms with Crippen LogP contribution < -0.4 is 5.32 Å². The molecule has 1 aromatic carbocycles. The first-order chi connectivity index (χ1) is 10.0. The molecule has 1 fully saturated rings. The number of aromatic carboxylic acids is 1. The molecule has 1 heterocycles. The highest BCUT2D eigenvalue weighted by Crippen LogP contribution is 2.26. The minimum absolute atomic E-state index is 0.0186. The van der Waals surface area contributed by atoms with E-state index in [1.165, 1.54) is 12.1 Å². The van der Waals surface area contributed by atoms with Crippen LogP contribution in [-0.2, 0) is 0 Å². The first-order valence-electron chi connectivity index (χ1n) is 7.17. The number of benzene rings is 1. The van der Waals surface area contributed by atoms with Gasteiger partial charge in [0.1, 0.15) is 5.75 Å². The SMILES string of the molecule is CCC1CCCCN1C(=O)Nc1ccc(C(=O)O)cc1O. The Kier molecular flexibility index (Phi) is 4.67. The van der Waals surface area contributed by atoms with Gasteiger partial charge in [-0.05, 0) is 43.9 Å². The fourth-order valence-corrected chi connectivity index (χ4v) is 2.65. The molecule has 1 aliphatic heterocycles. The molecule has 6 heteroatoms. The second kappa shape index (κ2) is 6.47. The summed E-state index contributed by atoms with van der Waals surface area (Å²) < 4.78 is 0. The van der Waals surface area contributed by atoms with Gasteiger partial charge in [-0.15, -0.1) is 0 Å². The van der Waals surface area contributed by atoms with E-state index in [0.29, 0.717) is 6.54 Å². The van der Waals surface area contributed by atoms with Crippen LogP contribution in [0.4, 0.5) is 10.5 Å². The van der Waals surface area contributed by atoms with Gasteiger partial charge in [0, 0.05) is 12.6 Å². The number of carboxylic acids is 1. The number of likely N-dealkylation sites (tertiary alicyclic amines) is 1. The maximum Gasteiger partial charge on any atom is 0.335 e. The summed E-state index contributed by atoms with van der Waals surface area (Å²) in [4.78, 5) is 24.9. The summed E-state index contributed by atoms with van der Waals surface area (Å²) >= 11 is 0. The fourth-order valence-electron chi connectivity index (χ4n) is 2.65. The largest absolute Gasteiger partial charge is 0.506 e. The minimum atomic E-state index is -1.12. The number of phenols is 1. The Bertz CT molecular complexity index is 544. The van der Waals surface area contributed by atoms with Crippen molar-refractivity contribution in [2.24, 2.45) is 0 Å². The molecule has 6 nitrogen and oxygen atoms in total. The lowest BCUT2D eigenvalue weighted by molar-refractivity contribution is 0.0696. The summed E-state index contributed by atoms with van der Waals surface area (Å²) in [7, 11) is 0. The standard InChI is InChI=1S/C15H20N2O4/c1-2-11-5-3-4-8-17(11)15(21)16-12-7-6-10(14(19)20)9-13(12)18/h6-7,9,11,18H,2-5,8H2,1H3,(H,16,21)(H,19,20). The van der Waals surface area contributed by atoms with E-state index < -0.39 is 5.97 Å². The van der Waals surface area contributed by atoms with Crippen LogP contribution in [0.5, 0.6) is 5.75 Å². The zero-order valence-corrected chi connectivity index (χ0v) is 12.0. The Labute approximate surface area is 123 Å². The number of piperidine rings is 1. The van der Waals surface area contributed by atoms with E-state index in [2.05, 4.69) is 12.2 Å². The van der Waals surface area contributed by atoms with Gasteiger partial charge in [-0.1, -0.05) is 6.92 Å². The number of amides is 2. The van der Waals surface area contributed by atoms with Crippen molar-refractivity contribution in [3.63, 3.8) is 0 Å². The van der Waals surface area contributed by atoms with E-state index in [1.807, 2.05) is 0 Å². The molecular formula is C15H20N2O4. The van der Waals surface area contributed by atoms with Crippen LogP contribution >= 0.6 is 0 Å². The van der Waals surface area contributed by atoms with Crippen molar-refractivity contribution in [2.75, 3.05) is 11.9 Å². The number of nitrogens with zero attached hydrogens (tertiary/aromatic N) is 1. The number of nitrogens with one attached hydrogen (secondary N) is 1. The van der Waals surface area contributed by atoms with Crippen LogP contribution in [0, 0.1) is 0 Å². The Morgan fingerprint density at radius 2 is 2.14 bits per heavy atom. The van der Waals surface area contributed by atoms with Crippen molar-refractivity contribution >= 4 is 17.7 Å². The molecular weight excluding hydrogens is 272 g/mol. The van der Waals surface area contributed by atoms with Crippen molar-refractivity contribution in [3.05, 3.63) is 23.8 Å². The number of aromatic hydroxyl groups is 1. The highest BCUT2D eigenvalue weighted by Gasteiger charge is 2.25. The molecule has 0 aliphatic carbocycles. The first-order valence-corrected chi connectivity index (χ1v) is 7.17. The van der Waals surface area contributed by atoms with Crippen LogP contribution in [-0.4, -0.2) is 39.7 Å². The van der Waals surface area contributed by atoms with Gasteiger partial charge in [0.2, 0.25) is 0 Å². The van der Waals surface area contributed by atoms with Crippen molar-refractivity contribution in [1.82, 2.24) is 4.90 Å². The number of urea groups is 1. The van der Waals surface area contributed by atoms with Crippen LogP contribution in [0.25, 0.3) is 0 Å². The fraction of sp³-hybridized carbons (Fsp3) is 0.467. The second-order valence-electron chi connectivity index (χ2n) is 5.22. The summed E-state index contributed by atoms with van der Waals surface area (Å²) in [6.07, 6.45) is 4.00. The zero-order valence-electron chi connectivity index (χ0n) is 12.0. The Morgan fingerprint density at radius 1 is 1.38 bits per heavy atom. The number of carbonyl (C=O) groups is 2. The third kappa shape index (κ3) is 3.45. The lowest BCUT2D eigenvalue weighted by Gasteiger charge is -2.35. The summed E-state index contributed by atoms with van der Waals surface area (Å²) in [6.45, 7) is 2.76. The molecule has 0 aromatic heterocycles. The van der Waals surface area contributed by atoms with E-state index in [0.717, 1.165) is 31.7 Å². The smallest absolute Gasteiger partial charge is 0.335 e. The number of carboxylic acid groups (broad SMARTS) is 1. The van der Waals surface area contributed by atoms with Crippen molar-refractivity contribution < 1.29 is 19.8 Å². The number of hydrogen-bond acceptors (Lipinski definition) is 3. The first kappa shape index (κ1) is 15.2. The van der Waals surface area contributed by atoms with E-state index in [9.17, 15) is 14.7 Å². The van der Waals surface area contributed by atoms with Gasteiger partial charge >= 0.3 is 12.0 Å². The Hall–Kier alpha value is -2.24. The topological polar surface area (TPSA) is 89.9 Å². The van der Waals surface area contributed by atoms with Crippen LogP contribution in [0.1, 0.15) is 43.0 Å². The van der Waals surface area contributed by atoms with E-state index in [4.69, 9.17) is 5.11 Å². The molecule has 21 heavy (non-hydrogen) atoms. The molecule has 0 bridgehead atoms. The maximum absolute atomic E-state index is 12.3. The molecule has 0 saturated carbocycles. The van der Waals surface area contributed by atoms with E-state index in [1.54, 1.807) is 4.90 Å². The summed E-state index contributed by atoms with van der Waals surface area (Å²) in [5.41, 5.74) is 0.209. The molecule has 1 saturated heterocycles. The third-order valence-corrected chi connectivity index (χ3v) is 3.85. The molecule has 1 aromatic rings. The molecule has 1 atom stereocenters. The summed E-state index contributed by atoms with van der Waals surface area (Å²) in [5.74, 6) is -1.36. The zero-order chi connectivity index (χ0) is 15.4. The Balaban J connectivity index is 2.10. The molecule has 0 radical (unpaired) electrons. The number of anilines is 1. The van der Waals surface area contributed by atoms with Crippen LogP contribution in [0.2, 0.25) is 0 Å². The van der Waals surface area contributed by atoms with Crippen molar-refractivity contribution in [3.8, 4) is 5.75 Å². The predicted molar refractivity (Wildman–Crippen MR) is 78.7 cm³/mol. The Morgan fingerprint density at radius 3 is 2.76 bits per heavy atom. The van der Waals surface area contributed by atoms with Crippen molar-refractivity contribution in [1.29, 1.82) is 0 Å². The van der Waals surface area contributed by atoms with Gasteiger partial charge in [-0.25, -0.2) is 9.59 Å². The normalized spacial score (nSPS) is 18.3. The number of carbonyl (C=O) groups excluding carboxylic acids is 1. The van der Waals surface area contributed by atoms with Gasteiger partial charge in [0.05, 0.1) is 11.3 Å². The molecule has 0 spiro atoms. The molecule has 3 N–H and O–H groups in total. The molecule has 1 aliphatic rings. The highest BCUT2D eigenvalue weighted by atomic mass is 16.4. The van der Waals surface area contributed by atoms with E-state index in [-0.39, 0.29) is 29.1 Å². The lowest BCUT2D eigenvalue weighted by Crippen LogP contribution is -2.45. The number of hydrogen-bond donors (Lipinski definition) is 3. The quantitative estimate of drug-likeness (QED) is 0.747. The van der Waals surface area contributed by atoms with Gasteiger partial charge in [-0.3, -0.25) is 0 Å². The van der Waals surface area contributed by atoms with Gasteiger partial charge in [0.15, 0.2) is 0 Å². The monoisotopic (exact) mass is 292 g/mol. The molecule has 1 unspecified atom stereocenters. The maximum atomic E-state index is 12.3. The van der Waals surface area contributed by atoms with Crippen LogP contribution in [0.3, 0.4) is 0 Å². The van der Waals surface area contributed by atoms with E-state index >= 15 is 0 Å². The van der Waals surface area contributed by atoms with Gasteiger partial charge in [0.25, 0.3) is 0 Å². The summed E-state index contributed by atoms with van der Waals surface area (Å²) in [6, 6.07) is 3.86. The summed E-state index contributed by atoms with van der Waals surface area (Å²) in [5, 5.41) is 21.3. The third-order valence-electron chi connectivity index (χ3n) is 3.85. The molecule has 2 amide bonds. The molecule has 114 valence electrons. The van der Waals surface area contributed by atoms with Crippen molar-refractivity contribution in [2.45, 2.75) is 38.6 Å². The lowest BCUT2D eigenvalue weighted by atomic mass is 10.0. The van der Waals surface area contributed by atoms with Gasteiger partial charge in [-0.2, -0.15) is 0 Å². The average Bonchev–Trinajstić information content (AvgIpc) is 2.48. The van der Waals surface area contributed by atoms with Gasteiger partial charge < -0.3 is 20.4 Å². The second-order valence-corrected chi connectivity index (χ2v) is 5.22. The average molecular weight is 292 g/mol. The number of phenolic OH excluding ortho intramolecular Hbond substituents is 1. The predicted octanol–water partition coefficient (Wildman–Crippen LogP) is 2.89. The molecule has 2 rings (SSSR count). The number of rotatable bonds is 3.